The van der Waals surface area contributed by atoms with Crippen molar-refractivity contribution >= 4 is 28.8 Å². The summed E-state index contributed by atoms with van der Waals surface area (Å²) in [4.78, 5) is 12.2. The SMILES string of the molecule is Cc1csc(C(=O)NCC(C)CO)c1Cl. The number of thiophene rings is 1. The molecule has 1 aromatic rings. The first-order valence-electron chi connectivity index (χ1n) is 4.69. The number of aliphatic hydroxyl groups excluding tert-OH is 1. The van der Waals surface area contributed by atoms with Crippen LogP contribution in [0, 0.1) is 12.8 Å². The van der Waals surface area contributed by atoms with Gasteiger partial charge in [0.05, 0.1) is 5.02 Å². The lowest BCUT2D eigenvalue weighted by Crippen LogP contribution is -2.29. The van der Waals surface area contributed by atoms with Gasteiger partial charge in [-0.2, -0.15) is 0 Å². The first-order valence-corrected chi connectivity index (χ1v) is 5.94. The molecule has 0 radical (unpaired) electrons. The van der Waals surface area contributed by atoms with Crippen molar-refractivity contribution in [3.63, 3.8) is 0 Å². The highest BCUT2D eigenvalue weighted by molar-refractivity contribution is 7.13. The molecule has 2 N–H and O–H groups in total. The van der Waals surface area contributed by atoms with Crippen molar-refractivity contribution in [3.8, 4) is 0 Å². The van der Waals surface area contributed by atoms with Gasteiger partial charge in [-0.15, -0.1) is 11.3 Å². The highest BCUT2D eigenvalue weighted by Gasteiger charge is 2.14. The van der Waals surface area contributed by atoms with Gasteiger partial charge in [-0.05, 0) is 23.8 Å². The maximum atomic E-state index is 11.6. The molecule has 1 unspecified atom stereocenters. The molecular weight excluding hydrogens is 234 g/mol. The molecule has 15 heavy (non-hydrogen) atoms. The zero-order chi connectivity index (χ0) is 11.4. The fourth-order valence-electron chi connectivity index (χ4n) is 0.995. The maximum Gasteiger partial charge on any atom is 0.262 e. The monoisotopic (exact) mass is 247 g/mol. The lowest BCUT2D eigenvalue weighted by molar-refractivity contribution is 0.0946. The fourth-order valence-corrected chi connectivity index (χ4v) is 2.19. The predicted molar refractivity (Wildman–Crippen MR) is 62.6 cm³/mol. The highest BCUT2D eigenvalue weighted by Crippen LogP contribution is 2.26. The van der Waals surface area contributed by atoms with Crippen molar-refractivity contribution < 1.29 is 9.90 Å². The van der Waals surface area contributed by atoms with Crippen molar-refractivity contribution in [1.29, 1.82) is 0 Å². The van der Waals surface area contributed by atoms with Crippen molar-refractivity contribution in [2.75, 3.05) is 13.2 Å². The zero-order valence-electron chi connectivity index (χ0n) is 8.71. The molecule has 0 aliphatic heterocycles. The van der Waals surface area contributed by atoms with E-state index in [2.05, 4.69) is 5.32 Å². The normalized spacial score (nSPS) is 12.5. The molecule has 0 saturated carbocycles. The van der Waals surface area contributed by atoms with Gasteiger partial charge in [-0.3, -0.25) is 4.79 Å². The summed E-state index contributed by atoms with van der Waals surface area (Å²) >= 11 is 7.29. The molecule has 0 aliphatic rings. The van der Waals surface area contributed by atoms with Gasteiger partial charge < -0.3 is 10.4 Å². The third kappa shape index (κ3) is 3.19. The van der Waals surface area contributed by atoms with E-state index in [-0.39, 0.29) is 18.4 Å². The Balaban J connectivity index is 2.58. The summed E-state index contributed by atoms with van der Waals surface area (Å²) in [6.07, 6.45) is 0. The van der Waals surface area contributed by atoms with E-state index in [0.29, 0.717) is 16.4 Å². The predicted octanol–water partition coefficient (Wildman–Crippen LogP) is 2.07. The van der Waals surface area contributed by atoms with Gasteiger partial charge in [0, 0.05) is 13.2 Å². The molecule has 5 heteroatoms. The Morgan fingerprint density at radius 3 is 2.87 bits per heavy atom. The molecule has 0 aliphatic carbocycles. The van der Waals surface area contributed by atoms with Gasteiger partial charge in [0.25, 0.3) is 5.91 Å². The standard InChI is InChI=1S/C10H14ClNO2S/c1-6(4-13)3-12-10(14)9-8(11)7(2)5-15-9/h5-6,13H,3-4H2,1-2H3,(H,12,14). The first kappa shape index (κ1) is 12.5. The Bertz CT molecular complexity index is 351. The minimum Gasteiger partial charge on any atom is -0.396 e. The molecule has 1 rings (SSSR count). The van der Waals surface area contributed by atoms with Crippen LogP contribution in [0.2, 0.25) is 5.02 Å². The highest BCUT2D eigenvalue weighted by atomic mass is 35.5. The van der Waals surface area contributed by atoms with Crippen LogP contribution in [0.1, 0.15) is 22.2 Å². The minimum absolute atomic E-state index is 0.0637. The fraction of sp³-hybridized carbons (Fsp3) is 0.500. The Hall–Kier alpha value is -0.580. The Labute approximate surface area is 98.1 Å². The molecule has 0 spiro atoms. The number of aliphatic hydroxyl groups is 1. The van der Waals surface area contributed by atoms with Gasteiger partial charge in [0.15, 0.2) is 0 Å². The smallest absolute Gasteiger partial charge is 0.262 e. The summed E-state index contributed by atoms with van der Waals surface area (Å²) in [6, 6.07) is 0. The Morgan fingerprint density at radius 1 is 1.73 bits per heavy atom. The van der Waals surface area contributed by atoms with Crippen LogP contribution in [0.4, 0.5) is 0 Å². The third-order valence-corrected chi connectivity index (χ3v) is 3.72. The summed E-state index contributed by atoms with van der Waals surface area (Å²) in [6.45, 7) is 4.26. The quantitative estimate of drug-likeness (QED) is 0.856. The maximum absolute atomic E-state index is 11.6. The summed E-state index contributed by atoms with van der Waals surface area (Å²) in [5.74, 6) is -0.104. The van der Waals surface area contributed by atoms with Crippen LogP contribution < -0.4 is 5.32 Å². The second-order valence-electron chi connectivity index (χ2n) is 3.56. The number of nitrogens with one attached hydrogen (secondary N) is 1. The summed E-state index contributed by atoms with van der Waals surface area (Å²) in [5, 5.41) is 13.9. The second-order valence-corrected chi connectivity index (χ2v) is 4.82. The third-order valence-electron chi connectivity index (χ3n) is 2.03. The number of carbonyl (C=O) groups is 1. The summed E-state index contributed by atoms with van der Waals surface area (Å²) in [7, 11) is 0. The van der Waals surface area contributed by atoms with E-state index in [1.807, 2.05) is 19.2 Å². The second kappa shape index (κ2) is 5.49. The van der Waals surface area contributed by atoms with Gasteiger partial charge in [0.1, 0.15) is 4.88 Å². The van der Waals surface area contributed by atoms with Gasteiger partial charge in [-0.25, -0.2) is 0 Å². The van der Waals surface area contributed by atoms with Crippen molar-refractivity contribution in [1.82, 2.24) is 5.32 Å². The van der Waals surface area contributed by atoms with Crippen LogP contribution in [0.25, 0.3) is 0 Å². The molecule has 0 bridgehead atoms. The number of carbonyl (C=O) groups excluding carboxylic acids is 1. The Morgan fingerprint density at radius 2 is 2.40 bits per heavy atom. The molecule has 1 amide bonds. The molecule has 1 atom stereocenters. The molecular formula is C10H14ClNO2S. The van der Waals surface area contributed by atoms with E-state index in [4.69, 9.17) is 16.7 Å². The molecule has 0 aromatic carbocycles. The summed E-state index contributed by atoms with van der Waals surface area (Å²) in [5.41, 5.74) is 0.919. The van der Waals surface area contributed by atoms with Crippen LogP contribution in [0.15, 0.2) is 5.38 Å². The van der Waals surface area contributed by atoms with Crippen LogP contribution in [0.5, 0.6) is 0 Å². The van der Waals surface area contributed by atoms with E-state index < -0.39 is 0 Å². The van der Waals surface area contributed by atoms with Crippen LogP contribution in [-0.4, -0.2) is 24.2 Å². The van der Waals surface area contributed by atoms with Gasteiger partial charge in [-0.1, -0.05) is 18.5 Å². The van der Waals surface area contributed by atoms with Crippen LogP contribution >= 0.6 is 22.9 Å². The lowest BCUT2D eigenvalue weighted by Gasteiger charge is -2.08. The number of hydrogen-bond donors (Lipinski definition) is 2. The molecule has 1 heterocycles. The van der Waals surface area contributed by atoms with Crippen LogP contribution in [0.3, 0.4) is 0 Å². The number of rotatable bonds is 4. The average molecular weight is 248 g/mol. The number of halogens is 1. The van der Waals surface area contributed by atoms with Crippen LogP contribution in [-0.2, 0) is 0 Å². The van der Waals surface area contributed by atoms with Crippen molar-refractivity contribution in [3.05, 3.63) is 20.8 Å². The molecule has 3 nitrogen and oxygen atoms in total. The number of hydrogen-bond acceptors (Lipinski definition) is 3. The average Bonchev–Trinajstić information content (AvgIpc) is 2.56. The lowest BCUT2D eigenvalue weighted by atomic mass is 10.2. The zero-order valence-corrected chi connectivity index (χ0v) is 10.3. The molecule has 0 fully saturated rings. The minimum atomic E-state index is -0.168. The van der Waals surface area contributed by atoms with Gasteiger partial charge >= 0.3 is 0 Å². The number of amides is 1. The number of aryl methyl sites for hydroxylation is 1. The Kier molecular flexibility index (Phi) is 4.57. The largest absolute Gasteiger partial charge is 0.396 e. The van der Waals surface area contributed by atoms with Crippen molar-refractivity contribution in [2.24, 2.45) is 5.92 Å². The first-order chi connectivity index (χ1) is 7.06. The topological polar surface area (TPSA) is 49.3 Å². The van der Waals surface area contributed by atoms with E-state index in [1.165, 1.54) is 11.3 Å². The van der Waals surface area contributed by atoms with Gasteiger partial charge in [0.2, 0.25) is 0 Å². The molecule has 0 saturated heterocycles. The van der Waals surface area contributed by atoms with E-state index in [9.17, 15) is 4.79 Å². The van der Waals surface area contributed by atoms with E-state index in [1.54, 1.807) is 0 Å². The van der Waals surface area contributed by atoms with E-state index >= 15 is 0 Å². The molecule has 84 valence electrons. The molecule has 1 aromatic heterocycles. The van der Waals surface area contributed by atoms with E-state index in [0.717, 1.165) is 5.56 Å². The van der Waals surface area contributed by atoms with Crippen molar-refractivity contribution in [2.45, 2.75) is 13.8 Å². The summed E-state index contributed by atoms with van der Waals surface area (Å²) < 4.78 is 0.